The number of hydrogen-bond donors (Lipinski definition) is 1. The van der Waals surface area contributed by atoms with Crippen molar-refractivity contribution in [2.24, 2.45) is 0 Å². The Kier molecular flexibility index (Phi) is 3.21. The minimum atomic E-state index is -0.680. The molecule has 1 aromatic heterocycles. The maximum absolute atomic E-state index is 14.3. The average molecular weight is 291 g/mol. The van der Waals surface area contributed by atoms with Crippen molar-refractivity contribution in [3.05, 3.63) is 40.3 Å². The molecule has 0 aliphatic carbocycles. The summed E-state index contributed by atoms with van der Waals surface area (Å²) in [7, 11) is 0. The van der Waals surface area contributed by atoms with E-state index in [0.717, 1.165) is 12.5 Å². The summed E-state index contributed by atoms with van der Waals surface area (Å²) in [6, 6.07) is 4.10. The molecule has 1 aromatic carbocycles. The SMILES string of the molecule is CC1(Nc2c(F)cc([N+](=O)[O-])c3cccnc23)CCOC1. The van der Waals surface area contributed by atoms with Crippen LogP contribution in [0.4, 0.5) is 15.8 Å². The van der Waals surface area contributed by atoms with Gasteiger partial charge in [-0.15, -0.1) is 0 Å². The molecule has 6 nitrogen and oxygen atoms in total. The van der Waals surface area contributed by atoms with E-state index in [-0.39, 0.29) is 16.9 Å². The Bertz CT molecular complexity index is 714. The Balaban J connectivity index is 2.16. The van der Waals surface area contributed by atoms with Gasteiger partial charge in [0.2, 0.25) is 0 Å². The summed E-state index contributed by atoms with van der Waals surface area (Å²) in [5.41, 5.74) is -0.239. The molecule has 0 saturated carbocycles. The first-order valence-electron chi connectivity index (χ1n) is 6.58. The highest BCUT2D eigenvalue weighted by atomic mass is 19.1. The zero-order valence-electron chi connectivity index (χ0n) is 11.4. The van der Waals surface area contributed by atoms with Gasteiger partial charge >= 0.3 is 0 Å². The normalized spacial score (nSPS) is 21.6. The van der Waals surface area contributed by atoms with Gasteiger partial charge in [-0.25, -0.2) is 4.39 Å². The summed E-state index contributed by atoms with van der Waals surface area (Å²) in [6.07, 6.45) is 2.22. The number of halogens is 1. The Morgan fingerprint density at radius 2 is 2.38 bits per heavy atom. The van der Waals surface area contributed by atoms with Crippen LogP contribution in [0.15, 0.2) is 24.4 Å². The van der Waals surface area contributed by atoms with E-state index in [0.29, 0.717) is 18.6 Å². The number of non-ortho nitro benzene ring substituents is 1. The number of ether oxygens (including phenoxy) is 1. The van der Waals surface area contributed by atoms with E-state index in [1.54, 1.807) is 12.1 Å². The second kappa shape index (κ2) is 4.92. The third-order valence-corrected chi connectivity index (χ3v) is 3.67. The zero-order chi connectivity index (χ0) is 15.0. The van der Waals surface area contributed by atoms with Gasteiger partial charge < -0.3 is 10.1 Å². The highest BCUT2D eigenvalue weighted by Crippen LogP contribution is 2.35. The van der Waals surface area contributed by atoms with Crippen molar-refractivity contribution < 1.29 is 14.1 Å². The van der Waals surface area contributed by atoms with Gasteiger partial charge in [0.15, 0.2) is 5.82 Å². The van der Waals surface area contributed by atoms with Gasteiger partial charge in [0.25, 0.3) is 5.69 Å². The van der Waals surface area contributed by atoms with Crippen LogP contribution in [0, 0.1) is 15.9 Å². The Morgan fingerprint density at radius 3 is 3.05 bits per heavy atom. The topological polar surface area (TPSA) is 77.3 Å². The number of fused-ring (bicyclic) bond motifs is 1. The summed E-state index contributed by atoms with van der Waals surface area (Å²) in [5, 5.41) is 14.5. The molecule has 3 rings (SSSR count). The minimum absolute atomic E-state index is 0.184. The summed E-state index contributed by atoms with van der Waals surface area (Å²) in [4.78, 5) is 14.6. The fraction of sp³-hybridized carbons (Fsp3) is 0.357. The Hall–Kier alpha value is -2.28. The van der Waals surface area contributed by atoms with Crippen LogP contribution in [-0.2, 0) is 4.74 Å². The zero-order valence-corrected chi connectivity index (χ0v) is 11.4. The van der Waals surface area contributed by atoms with Gasteiger partial charge in [0.05, 0.1) is 34.2 Å². The quantitative estimate of drug-likeness (QED) is 0.695. The van der Waals surface area contributed by atoms with Crippen LogP contribution in [0.5, 0.6) is 0 Å². The lowest BCUT2D eigenvalue weighted by molar-refractivity contribution is -0.383. The molecule has 2 aromatic rings. The molecule has 1 N–H and O–H groups in total. The number of nitrogens with one attached hydrogen (secondary N) is 1. The lowest BCUT2D eigenvalue weighted by Gasteiger charge is -2.25. The molecule has 1 fully saturated rings. The number of aromatic nitrogens is 1. The maximum Gasteiger partial charge on any atom is 0.281 e. The number of nitro groups is 1. The molecule has 1 aliphatic rings. The molecule has 0 radical (unpaired) electrons. The van der Waals surface area contributed by atoms with Gasteiger partial charge in [0, 0.05) is 12.8 Å². The lowest BCUT2D eigenvalue weighted by atomic mass is 10.0. The summed E-state index contributed by atoms with van der Waals surface area (Å²) in [5.74, 6) is -0.680. The molecule has 21 heavy (non-hydrogen) atoms. The smallest absolute Gasteiger partial charge is 0.281 e. The minimum Gasteiger partial charge on any atom is -0.379 e. The monoisotopic (exact) mass is 291 g/mol. The molecule has 0 bridgehead atoms. The lowest BCUT2D eigenvalue weighted by Crippen LogP contribution is -2.35. The summed E-state index contributed by atoms with van der Waals surface area (Å²) in [6.45, 7) is 2.98. The van der Waals surface area contributed by atoms with Crippen LogP contribution in [-0.4, -0.2) is 28.7 Å². The molecule has 0 amide bonds. The molecule has 2 heterocycles. The van der Waals surface area contributed by atoms with E-state index in [2.05, 4.69) is 10.3 Å². The van der Waals surface area contributed by atoms with Gasteiger partial charge in [-0.3, -0.25) is 15.1 Å². The van der Waals surface area contributed by atoms with E-state index in [9.17, 15) is 14.5 Å². The van der Waals surface area contributed by atoms with Crippen molar-refractivity contribution in [1.82, 2.24) is 4.98 Å². The number of nitrogens with zero attached hydrogens (tertiary/aromatic N) is 2. The van der Waals surface area contributed by atoms with Crippen LogP contribution in [0.25, 0.3) is 10.9 Å². The second-order valence-electron chi connectivity index (χ2n) is 5.40. The maximum atomic E-state index is 14.3. The van der Waals surface area contributed by atoms with E-state index >= 15 is 0 Å². The van der Waals surface area contributed by atoms with Crippen molar-refractivity contribution in [3.8, 4) is 0 Å². The van der Waals surface area contributed by atoms with Crippen molar-refractivity contribution in [3.63, 3.8) is 0 Å². The highest BCUT2D eigenvalue weighted by molar-refractivity contribution is 5.97. The number of hydrogen-bond acceptors (Lipinski definition) is 5. The molecule has 1 aliphatic heterocycles. The van der Waals surface area contributed by atoms with Gasteiger partial charge in [-0.1, -0.05) is 0 Å². The van der Waals surface area contributed by atoms with Gasteiger partial charge in [0.1, 0.15) is 5.52 Å². The number of pyridine rings is 1. The largest absolute Gasteiger partial charge is 0.379 e. The van der Waals surface area contributed by atoms with Crippen molar-refractivity contribution in [2.75, 3.05) is 18.5 Å². The van der Waals surface area contributed by atoms with Crippen LogP contribution in [0.3, 0.4) is 0 Å². The predicted molar refractivity (Wildman–Crippen MR) is 75.8 cm³/mol. The first kappa shape index (κ1) is 13.7. The van der Waals surface area contributed by atoms with Crippen LogP contribution in [0.2, 0.25) is 0 Å². The molecular formula is C14H14FN3O3. The predicted octanol–water partition coefficient (Wildman–Crippen LogP) is 2.87. The summed E-state index contributed by atoms with van der Waals surface area (Å²) < 4.78 is 19.6. The molecule has 110 valence electrons. The molecular weight excluding hydrogens is 277 g/mol. The first-order valence-corrected chi connectivity index (χ1v) is 6.58. The van der Waals surface area contributed by atoms with E-state index < -0.39 is 16.3 Å². The van der Waals surface area contributed by atoms with Crippen molar-refractivity contribution >= 4 is 22.3 Å². The molecule has 0 spiro atoms. The standard InChI is InChI=1S/C14H14FN3O3/c1-14(4-6-21-8-14)17-13-10(15)7-11(18(19)20)9-3-2-5-16-12(9)13/h2-3,5,7,17H,4,6,8H2,1H3. The van der Waals surface area contributed by atoms with Crippen LogP contribution in [0.1, 0.15) is 13.3 Å². The number of rotatable bonds is 3. The molecule has 1 saturated heterocycles. The van der Waals surface area contributed by atoms with Gasteiger partial charge in [-0.05, 0) is 25.5 Å². The third kappa shape index (κ3) is 2.40. The third-order valence-electron chi connectivity index (χ3n) is 3.67. The number of nitro benzene ring substituents is 1. The Morgan fingerprint density at radius 1 is 1.57 bits per heavy atom. The Labute approximate surface area is 120 Å². The van der Waals surface area contributed by atoms with Crippen molar-refractivity contribution in [1.29, 1.82) is 0 Å². The van der Waals surface area contributed by atoms with E-state index in [1.165, 1.54) is 6.20 Å². The number of anilines is 1. The van der Waals surface area contributed by atoms with E-state index in [1.807, 2.05) is 6.92 Å². The van der Waals surface area contributed by atoms with Crippen LogP contribution < -0.4 is 5.32 Å². The molecule has 1 atom stereocenters. The first-order chi connectivity index (χ1) is 10.0. The molecule has 1 unspecified atom stereocenters. The molecule has 7 heteroatoms. The fourth-order valence-electron chi connectivity index (χ4n) is 2.53. The van der Waals surface area contributed by atoms with Crippen LogP contribution >= 0.6 is 0 Å². The highest BCUT2D eigenvalue weighted by Gasteiger charge is 2.32. The van der Waals surface area contributed by atoms with Crippen molar-refractivity contribution in [2.45, 2.75) is 18.9 Å². The fourth-order valence-corrected chi connectivity index (χ4v) is 2.53. The second-order valence-corrected chi connectivity index (χ2v) is 5.40. The number of benzene rings is 1. The average Bonchev–Trinajstić information content (AvgIpc) is 2.88. The van der Waals surface area contributed by atoms with Gasteiger partial charge in [-0.2, -0.15) is 0 Å². The summed E-state index contributed by atoms with van der Waals surface area (Å²) >= 11 is 0. The van der Waals surface area contributed by atoms with E-state index in [4.69, 9.17) is 4.74 Å².